The van der Waals surface area contributed by atoms with Gasteiger partial charge in [0.05, 0.1) is 11.4 Å². The van der Waals surface area contributed by atoms with Gasteiger partial charge < -0.3 is 14.8 Å². The molecule has 0 aromatic heterocycles. The number of fused-ring (bicyclic) bond motifs is 1. The highest BCUT2D eigenvalue weighted by Gasteiger charge is 2.27. The highest BCUT2D eigenvalue weighted by Crippen LogP contribution is 2.31. The van der Waals surface area contributed by atoms with Crippen molar-refractivity contribution in [2.24, 2.45) is 10.2 Å². The molecule has 0 fully saturated rings. The van der Waals surface area contributed by atoms with Crippen molar-refractivity contribution in [3.63, 3.8) is 0 Å². The van der Waals surface area contributed by atoms with E-state index in [9.17, 15) is 4.79 Å². The van der Waals surface area contributed by atoms with Crippen molar-refractivity contribution < 1.29 is 14.3 Å². The Morgan fingerprint density at radius 2 is 1.44 bits per heavy atom. The first kappa shape index (κ1) is 16.8. The molecule has 1 heterocycles. The van der Waals surface area contributed by atoms with E-state index in [0.29, 0.717) is 22.9 Å². The van der Waals surface area contributed by atoms with Crippen LogP contribution in [-0.4, -0.2) is 18.6 Å². The average molecular weight is 359 g/mol. The normalized spacial score (nSPS) is 15.5. The van der Waals surface area contributed by atoms with E-state index in [1.165, 1.54) is 0 Å². The number of amides is 1. The van der Waals surface area contributed by atoms with Gasteiger partial charge in [0.2, 0.25) is 6.10 Å². The van der Waals surface area contributed by atoms with Crippen LogP contribution < -0.4 is 14.8 Å². The van der Waals surface area contributed by atoms with Crippen LogP contribution >= 0.6 is 0 Å². The molecule has 0 radical (unpaired) electrons. The van der Waals surface area contributed by atoms with Gasteiger partial charge in [0, 0.05) is 5.69 Å². The summed E-state index contributed by atoms with van der Waals surface area (Å²) in [6, 6.07) is 23.9. The van der Waals surface area contributed by atoms with Crippen LogP contribution in [0.5, 0.6) is 11.5 Å². The second-order valence-corrected chi connectivity index (χ2v) is 5.94. The fraction of sp³-hybridized carbons (Fsp3) is 0.0952. The number of ether oxygens (including phenoxy) is 2. The number of carbonyl (C=O) groups is 1. The van der Waals surface area contributed by atoms with Gasteiger partial charge in [0.1, 0.15) is 6.61 Å². The van der Waals surface area contributed by atoms with E-state index in [0.717, 1.165) is 5.69 Å². The lowest BCUT2D eigenvalue weighted by Gasteiger charge is -2.25. The van der Waals surface area contributed by atoms with Gasteiger partial charge in [0.25, 0.3) is 5.91 Å². The Bertz CT molecular complexity index is 956. The van der Waals surface area contributed by atoms with Crippen LogP contribution in [0.1, 0.15) is 0 Å². The minimum Gasteiger partial charge on any atom is -0.485 e. The maximum absolute atomic E-state index is 12.4. The summed E-state index contributed by atoms with van der Waals surface area (Å²) in [5, 5.41) is 11.2. The summed E-state index contributed by atoms with van der Waals surface area (Å²) >= 11 is 0. The lowest BCUT2D eigenvalue weighted by atomic mass is 10.2. The minimum atomic E-state index is -0.697. The van der Waals surface area contributed by atoms with E-state index in [2.05, 4.69) is 15.5 Å². The van der Waals surface area contributed by atoms with Crippen molar-refractivity contribution in [3.05, 3.63) is 78.9 Å². The number of hydrogen-bond donors (Lipinski definition) is 1. The van der Waals surface area contributed by atoms with Gasteiger partial charge >= 0.3 is 0 Å². The zero-order valence-electron chi connectivity index (χ0n) is 14.4. The maximum atomic E-state index is 12.4. The molecule has 1 amide bonds. The molecule has 3 aromatic rings. The maximum Gasteiger partial charge on any atom is 0.269 e. The largest absolute Gasteiger partial charge is 0.485 e. The van der Waals surface area contributed by atoms with Crippen molar-refractivity contribution >= 4 is 23.0 Å². The van der Waals surface area contributed by atoms with Gasteiger partial charge in [0.15, 0.2) is 11.5 Å². The van der Waals surface area contributed by atoms with Gasteiger partial charge in [-0.15, -0.1) is 0 Å². The molecule has 27 heavy (non-hydrogen) atoms. The lowest BCUT2D eigenvalue weighted by Crippen LogP contribution is -2.40. The first-order valence-corrected chi connectivity index (χ1v) is 8.54. The summed E-state index contributed by atoms with van der Waals surface area (Å²) in [6.45, 7) is 0.173. The molecule has 0 aliphatic carbocycles. The Labute approximate surface area is 156 Å². The van der Waals surface area contributed by atoms with Crippen LogP contribution in [0.25, 0.3) is 0 Å². The van der Waals surface area contributed by atoms with Gasteiger partial charge in [-0.3, -0.25) is 4.79 Å². The zero-order chi connectivity index (χ0) is 18.5. The number of nitrogens with one attached hydrogen (secondary N) is 1. The predicted molar refractivity (Wildman–Crippen MR) is 102 cm³/mol. The van der Waals surface area contributed by atoms with Gasteiger partial charge in [-0.1, -0.05) is 30.3 Å². The number of carbonyl (C=O) groups excluding carboxylic acids is 1. The first-order valence-electron chi connectivity index (χ1n) is 8.54. The molecular weight excluding hydrogens is 342 g/mol. The number of nitrogens with zero attached hydrogens (tertiary/aromatic N) is 2. The molecule has 1 aliphatic rings. The zero-order valence-corrected chi connectivity index (χ0v) is 14.4. The van der Waals surface area contributed by atoms with Crippen LogP contribution in [0, 0.1) is 0 Å². The third-order valence-corrected chi connectivity index (χ3v) is 3.97. The highest BCUT2D eigenvalue weighted by atomic mass is 16.6. The van der Waals surface area contributed by atoms with Gasteiger partial charge in [-0.25, -0.2) is 0 Å². The van der Waals surface area contributed by atoms with E-state index in [-0.39, 0.29) is 12.5 Å². The Balaban J connectivity index is 1.37. The monoisotopic (exact) mass is 359 g/mol. The molecular formula is C21H17N3O3. The van der Waals surface area contributed by atoms with Crippen molar-refractivity contribution in [2.45, 2.75) is 6.10 Å². The Morgan fingerprint density at radius 1 is 0.815 bits per heavy atom. The topological polar surface area (TPSA) is 72.3 Å². The van der Waals surface area contributed by atoms with Crippen molar-refractivity contribution in [1.29, 1.82) is 0 Å². The van der Waals surface area contributed by atoms with Crippen LogP contribution in [-0.2, 0) is 4.79 Å². The summed E-state index contributed by atoms with van der Waals surface area (Å²) in [5.74, 6) is 0.957. The molecule has 1 atom stereocenters. The molecule has 1 aliphatic heterocycles. The van der Waals surface area contributed by atoms with Crippen LogP contribution in [0.3, 0.4) is 0 Å². The number of para-hydroxylation sites is 2. The van der Waals surface area contributed by atoms with Crippen LogP contribution in [0.2, 0.25) is 0 Å². The SMILES string of the molecule is O=C(Nc1ccc(N=Nc2ccccc2)cc1)[C@@H]1COc2ccccc2O1. The molecule has 1 N–H and O–H groups in total. The Kier molecular flexibility index (Phi) is 4.78. The number of azo groups is 1. The van der Waals surface area contributed by atoms with Gasteiger partial charge in [-0.05, 0) is 48.5 Å². The summed E-state index contributed by atoms with van der Waals surface area (Å²) in [7, 11) is 0. The first-order chi connectivity index (χ1) is 13.3. The molecule has 134 valence electrons. The van der Waals surface area contributed by atoms with Crippen molar-refractivity contribution in [2.75, 3.05) is 11.9 Å². The van der Waals surface area contributed by atoms with Crippen molar-refractivity contribution in [1.82, 2.24) is 0 Å². The standard InChI is InChI=1S/C21H17N3O3/c25-21(20-14-26-18-8-4-5-9-19(18)27-20)22-15-10-12-17(13-11-15)24-23-16-6-2-1-3-7-16/h1-13,20H,14H2,(H,22,25)/t20-/m0/s1. The lowest BCUT2D eigenvalue weighted by molar-refractivity contribution is -0.125. The molecule has 3 aromatic carbocycles. The minimum absolute atomic E-state index is 0.173. The van der Waals surface area contributed by atoms with E-state index in [1.54, 1.807) is 30.3 Å². The highest BCUT2D eigenvalue weighted by molar-refractivity contribution is 5.94. The quantitative estimate of drug-likeness (QED) is 0.675. The summed E-state index contributed by atoms with van der Waals surface area (Å²) in [5.41, 5.74) is 2.13. The fourth-order valence-electron chi connectivity index (χ4n) is 2.59. The fourth-order valence-corrected chi connectivity index (χ4v) is 2.59. The van der Waals surface area contributed by atoms with E-state index < -0.39 is 6.10 Å². The van der Waals surface area contributed by atoms with Gasteiger partial charge in [-0.2, -0.15) is 10.2 Å². The molecule has 6 nitrogen and oxygen atoms in total. The van der Waals surface area contributed by atoms with Crippen LogP contribution in [0.15, 0.2) is 89.1 Å². The molecule has 0 saturated heterocycles. The smallest absolute Gasteiger partial charge is 0.269 e. The third kappa shape index (κ3) is 4.12. The molecule has 6 heteroatoms. The third-order valence-electron chi connectivity index (χ3n) is 3.97. The van der Waals surface area contributed by atoms with E-state index >= 15 is 0 Å². The summed E-state index contributed by atoms with van der Waals surface area (Å²) in [6.07, 6.45) is -0.697. The number of hydrogen-bond acceptors (Lipinski definition) is 5. The molecule has 4 rings (SSSR count). The van der Waals surface area contributed by atoms with E-state index in [4.69, 9.17) is 9.47 Å². The second-order valence-electron chi connectivity index (χ2n) is 5.94. The molecule has 0 spiro atoms. The summed E-state index contributed by atoms with van der Waals surface area (Å²) < 4.78 is 11.3. The predicted octanol–water partition coefficient (Wildman–Crippen LogP) is 4.88. The average Bonchev–Trinajstić information content (AvgIpc) is 2.73. The Hall–Kier alpha value is -3.67. The molecule has 0 bridgehead atoms. The molecule has 0 saturated carbocycles. The van der Waals surface area contributed by atoms with Crippen molar-refractivity contribution in [3.8, 4) is 11.5 Å². The number of benzene rings is 3. The summed E-state index contributed by atoms with van der Waals surface area (Å²) in [4.78, 5) is 12.4. The van der Waals surface area contributed by atoms with E-state index in [1.807, 2.05) is 48.5 Å². The number of anilines is 1. The van der Waals surface area contributed by atoms with Crippen LogP contribution in [0.4, 0.5) is 17.1 Å². The number of rotatable bonds is 4. The Morgan fingerprint density at radius 3 is 2.19 bits per heavy atom. The molecule has 0 unspecified atom stereocenters. The second kappa shape index (κ2) is 7.70.